The number of nitrogens with zero attached hydrogens (tertiary/aromatic N) is 3. The summed E-state index contributed by atoms with van der Waals surface area (Å²) in [6.45, 7) is 0.230. The molecular weight excluding hydrogens is 409 g/mol. The molecule has 4 N–H and O–H groups in total. The van der Waals surface area contributed by atoms with Gasteiger partial charge in [0, 0.05) is 11.8 Å². The Morgan fingerprint density at radius 2 is 1.67 bits per heavy atom. The molecule has 3 rings (SSSR count). The van der Waals surface area contributed by atoms with Crippen molar-refractivity contribution in [3.05, 3.63) is 77.3 Å². The van der Waals surface area contributed by atoms with Gasteiger partial charge in [-0.3, -0.25) is 0 Å². The maximum atomic E-state index is 12.6. The van der Waals surface area contributed by atoms with E-state index in [0.29, 0.717) is 11.1 Å². The molecule has 158 valence electrons. The highest BCUT2D eigenvalue weighted by Crippen LogP contribution is 2.29. The van der Waals surface area contributed by atoms with Crippen LogP contribution in [0.25, 0.3) is 17.2 Å². The first kappa shape index (κ1) is 21.2. The van der Waals surface area contributed by atoms with Crippen LogP contribution in [0.15, 0.2) is 59.1 Å². The molecule has 11 heteroatoms. The van der Waals surface area contributed by atoms with Crippen molar-refractivity contribution in [3.8, 4) is 11.5 Å². The molecular formula is C19H16F5N5O. The van der Waals surface area contributed by atoms with E-state index in [1.165, 1.54) is 23.3 Å². The Morgan fingerprint density at radius 3 is 2.20 bits per heavy atom. The Morgan fingerprint density at radius 1 is 1.03 bits per heavy atom. The normalized spacial score (nSPS) is 12.4. The van der Waals surface area contributed by atoms with Gasteiger partial charge in [-0.2, -0.15) is 22.0 Å². The summed E-state index contributed by atoms with van der Waals surface area (Å²) in [6, 6.07) is 11.0. The van der Waals surface area contributed by atoms with E-state index in [1.54, 1.807) is 24.3 Å². The average Bonchev–Trinajstić information content (AvgIpc) is 3.18. The largest absolute Gasteiger partial charge is 0.416 e. The monoisotopic (exact) mass is 425 g/mol. The van der Waals surface area contributed by atoms with Crippen LogP contribution in [0.5, 0.6) is 0 Å². The fraction of sp³-hybridized carbons (Fsp3) is 0.158. The molecule has 0 spiro atoms. The highest BCUT2D eigenvalue weighted by atomic mass is 19.4. The summed E-state index contributed by atoms with van der Waals surface area (Å²) < 4.78 is 67.8. The maximum Gasteiger partial charge on any atom is 0.416 e. The van der Waals surface area contributed by atoms with E-state index in [-0.39, 0.29) is 18.1 Å². The molecule has 3 aromatic rings. The number of alkyl halides is 5. The number of benzene rings is 2. The first-order chi connectivity index (χ1) is 14.1. The molecule has 0 bridgehead atoms. The van der Waals surface area contributed by atoms with Gasteiger partial charge in [0.05, 0.1) is 17.8 Å². The lowest BCUT2D eigenvalue weighted by Gasteiger charge is -2.16. The Hall–Kier alpha value is -3.47. The van der Waals surface area contributed by atoms with Crippen LogP contribution >= 0.6 is 0 Å². The lowest BCUT2D eigenvalue weighted by Crippen LogP contribution is -2.25. The predicted molar refractivity (Wildman–Crippen MR) is 98.0 cm³/mol. The summed E-state index contributed by atoms with van der Waals surface area (Å²) >= 11 is 0. The van der Waals surface area contributed by atoms with Crippen LogP contribution in [0.3, 0.4) is 0 Å². The summed E-state index contributed by atoms with van der Waals surface area (Å²) in [5, 5.41) is 8.10. The molecule has 2 aromatic carbocycles. The third-order valence-electron chi connectivity index (χ3n) is 4.04. The Balaban J connectivity index is 1.65. The zero-order valence-corrected chi connectivity index (χ0v) is 15.3. The van der Waals surface area contributed by atoms with Gasteiger partial charge in [-0.25, -0.2) is 5.84 Å². The van der Waals surface area contributed by atoms with E-state index in [1.807, 2.05) is 0 Å². The number of aromatic nitrogens is 2. The molecule has 0 saturated heterocycles. The standard InChI is InChI=1S/C19H16F5N5O/c20-16(21)18-28-27-17(30-18)13-3-1-11(2-4-13)9-29(26)10-15(25)12-5-7-14(8-6-12)19(22,23)24/h1-8,10,16H,9,25-26H2/b15-10-. The van der Waals surface area contributed by atoms with Crippen molar-refractivity contribution in [1.82, 2.24) is 15.2 Å². The van der Waals surface area contributed by atoms with Crippen molar-refractivity contribution in [1.29, 1.82) is 0 Å². The summed E-state index contributed by atoms with van der Waals surface area (Å²) in [7, 11) is 0. The number of hydrogen-bond donors (Lipinski definition) is 2. The topological polar surface area (TPSA) is 94.2 Å². The Kier molecular flexibility index (Phi) is 6.01. The zero-order chi connectivity index (χ0) is 21.9. The molecule has 0 aliphatic carbocycles. The van der Waals surface area contributed by atoms with Crippen LogP contribution in [0.1, 0.15) is 29.0 Å². The van der Waals surface area contributed by atoms with Gasteiger partial charge in [-0.1, -0.05) is 24.3 Å². The minimum absolute atomic E-state index is 0.0344. The van der Waals surface area contributed by atoms with E-state index >= 15 is 0 Å². The smallest absolute Gasteiger partial charge is 0.415 e. The Labute approximate surface area is 167 Å². The van der Waals surface area contributed by atoms with Gasteiger partial charge < -0.3 is 15.2 Å². The molecule has 0 unspecified atom stereocenters. The van der Waals surface area contributed by atoms with E-state index in [4.69, 9.17) is 16.0 Å². The number of hydrogen-bond acceptors (Lipinski definition) is 6. The first-order valence-corrected chi connectivity index (χ1v) is 8.50. The summed E-state index contributed by atoms with van der Waals surface area (Å²) in [5.41, 5.74) is 6.93. The number of hydrazine groups is 1. The van der Waals surface area contributed by atoms with E-state index in [0.717, 1.165) is 17.7 Å². The fourth-order valence-corrected chi connectivity index (χ4v) is 2.55. The van der Waals surface area contributed by atoms with E-state index in [9.17, 15) is 22.0 Å². The molecule has 0 amide bonds. The van der Waals surface area contributed by atoms with Crippen molar-refractivity contribution in [2.75, 3.05) is 0 Å². The molecule has 1 heterocycles. The second-order valence-electron chi connectivity index (χ2n) is 6.27. The van der Waals surface area contributed by atoms with E-state index < -0.39 is 24.1 Å². The first-order valence-electron chi connectivity index (χ1n) is 8.50. The number of nitrogens with two attached hydrogens (primary N) is 2. The van der Waals surface area contributed by atoms with Gasteiger partial charge in [0.1, 0.15) is 0 Å². The van der Waals surface area contributed by atoms with Gasteiger partial charge in [0.2, 0.25) is 5.89 Å². The molecule has 0 aliphatic rings. The molecule has 0 aliphatic heterocycles. The molecule has 6 nitrogen and oxygen atoms in total. The van der Waals surface area contributed by atoms with Gasteiger partial charge in [0.15, 0.2) is 0 Å². The van der Waals surface area contributed by atoms with Crippen LogP contribution < -0.4 is 11.6 Å². The molecule has 0 atom stereocenters. The van der Waals surface area contributed by atoms with Crippen LogP contribution in [-0.2, 0) is 12.7 Å². The van der Waals surface area contributed by atoms with E-state index in [2.05, 4.69) is 10.2 Å². The van der Waals surface area contributed by atoms with Crippen molar-refractivity contribution in [2.45, 2.75) is 19.1 Å². The summed E-state index contributed by atoms with van der Waals surface area (Å²) in [5.74, 6) is 5.11. The fourth-order valence-electron chi connectivity index (χ4n) is 2.55. The molecule has 0 saturated carbocycles. The second kappa shape index (κ2) is 8.49. The quantitative estimate of drug-likeness (QED) is 0.347. The van der Waals surface area contributed by atoms with Crippen molar-refractivity contribution < 1.29 is 26.4 Å². The molecule has 0 fully saturated rings. The maximum absolute atomic E-state index is 12.6. The minimum atomic E-state index is -4.43. The van der Waals surface area contributed by atoms with Crippen molar-refractivity contribution in [3.63, 3.8) is 0 Å². The highest BCUT2D eigenvalue weighted by Gasteiger charge is 2.30. The van der Waals surface area contributed by atoms with Gasteiger partial charge in [0.25, 0.3) is 5.89 Å². The number of rotatable bonds is 6. The van der Waals surface area contributed by atoms with Gasteiger partial charge >= 0.3 is 12.6 Å². The van der Waals surface area contributed by atoms with Gasteiger partial charge in [-0.05, 0) is 35.4 Å². The summed E-state index contributed by atoms with van der Waals surface area (Å²) in [6.07, 6.45) is -5.88. The van der Waals surface area contributed by atoms with Crippen LogP contribution in [0.4, 0.5) is 22.0 Å². The SMILES string of the molecule is N/C(=C\N(N)Cc1ccc(-c2nnc(C(F)F)o2)cc1)c1ccc(C(F)(F)F)cc1. The molecule has 1 aromatic heterocycles. The summed E-state index contributed by atoms with van der Waals surface area (Å²) in [4.78, 5) is 0. The van der Waals surface area contributed by atoms with Gasteiger partial charge in [-0.15, -0.1) is 10.2 Å². The third kappa shape index (κ3) is 5.11. The van der Waals surface area contributed by atoms with Crippen molar-refractivity contribution >= 4 is 5.70 Å². The second-order valence-corrected chi connectivity index (χ2v) is 6.27. The lowest BCUT2D eigenvalue weighted by molar-refractivity contribution is -0.137. The predicted octanol–water partition coefficient (Wildman–Crippen LogP) is 4.33. The molecule has 30 heavy (non-hydrogen) atoms. The Bertz CT molecular complexity index is 1010. The lowest BCUT2D eigenvalue weighted by atomic mass is 10.1. The van der Waals surface area contributed by atoms with Crippen LogP contribution in [0, 0.1) is 0 Å². The average molecular weight is 425 g/mol. The minimum Gasteiger partial charge on any atom is -0.415 e. The highest BCUT2D eigenvalue weighted by molar-refractivity contribution is 5.62. The third-order valence-corrected chi connectivity index (χ3v) is 4.04. The zero-order valence-electron chi connectivity index (χ0n) is 15.3. The van der Waals surface area contributed by atoms with Crippen molar-refractivity contribution in [2.24, 2.45) is 11.6 Å². The number of halogens is 5. The van der Waals surface area contributed by atoms with Crippen LogP contribution in [-0.4, -0.2) is 15.2 Å². The molecule has 0 radical (unpaired) electrons. The van der Waals surface area contributed by atoms with Crippen LogP contribution in [0.2, 0.25) is 0 Å².